The fourth-order valence-electron chi connectivity index (χ4n) is 3.47. The molecular weight excluding hydrogens is 372 g/mol. The number of methoxy groups -OCH3 is 1. The molecule has 3 atom stereocenters. The van der Waals surface area contributed by atoms with E-state index in [2.05, 4.69) is 19.1 Å². The maximum atomic E-state index is 13.0. The van der Waals surface area contributed by atoms with E-state index in [1.165, 1.54) is 6.08 Å². The Labute approximate surface area is 172 Å². The van der Waals surface area contributed by atoms with Gasteiger partial charge in [-0.2, -0.15) is 0 Å². The van der Waals surface area contributed by atoms with Crippen LogP contribution in [0.2, 0.25) is 0 Å². The Bertz CT molecular complexity index is 752. The van der Waals surface area contributed by atoms with Crippen molar-refractivity contribution in [2.24, 2.45) is 5.92 Å². The third kappa shape index (κ3) is 7.15. The van der Waals surface area contributed by atoms with Crippen molar-refractivity contribution in [2.45, 2.75) is 51.7 Å². The highest BCUT2D eigenvalue weighted by Gasteiger charge is 2.26. The lowest BCUT2D eigenvalue weighted by Gasteiger charge is -2.28. The van der Waals surface area contributed by atoms with Gasteiger partial charge >= 0.3 is 11.9 Å². The molecule has 6 heteroatoms. The summed E-state index contributed by atoms with van der Waals surface area (Å²) in [5.41, 5.74) is 2.36. The smallest absolute Gasteiger partial charge is 0.338 e. The van der Waals surface area contributed by atoms with Crippen LogP contribution in [0.4, 0.5) is 0 Å². The molecule has 1 aliphatic heterocycles. The van der Waals surface area contributed by atoms with Crippen molar-refractivity contribution in [3.8, 4) is 0 Å². The number of allylic oxidation sites excluding steroid dienone is 2. The van der Waals surface area contributed by atoms with E-state index in [1.54, 1.807) is 7.11 Å². The van der Waals surface area contributed by atoms with E-state index in [4.69, 9.17) is 19.3 Å². The largest absolute Gasteiger partial charge is 0.478 e. The van der Waals surface area contributed by atoms with Crippen molar-refractivity contribution < 1.29 is 28.9 Å². The van der Waals surface area contributed by atoms with E-state index in [-0.39, 0.29) is 24.8 Å². The second-order valence-corrected chi connectivity index (χ2v) is 7.35. The van der Waals surface area contributed by atoms with Gasteiger partial charge in [0.2, 0.25) is 0 Å². The number of benzene rings is 1. The van der Waals surface area contributed by atoms with E-state index in [9.17, 15) is 9.59 Å². The topological polar surface area (TPSA) is 82.1 Å². The summed E-state index contributed by atoms with van der Waals surface area (Å²) in [4.78, 5) is 23.8. The molecule has 2 rings (SSSR count). The van der Waals surface area contributed by atoms with Gasteiger partial charge < -0.3 is 19.3 Å². The zero-order valence-electron chi connectivity index (χ0n) is 17.3. The molecule has 1 heterocycles. The van der Waals surface area contributed by atoms with Gasteiger partial charge in [0, 0.05) is 26.0 Å². The summed E-state index contributed by atoms with van der Waals surface area (Å²) in [7, 11) is 1.56. The van der Waals surface area contributed by atoms with E-state index in [0.29, 0.717) is 24.8 Å². The number of esters is 1. The van der Waals surface area contributed by atoms with E-state index < -0.39 is 12.1 Å². The predicted molar refractivity (Wildman–Crippen MR) is 110 cm³/mol. The van der Waals surface area contributed by atoms with Crippen molar-refractivity contribution >= 4 is 11.9 Å². The van der Waals surface area contributed by atoms with Crippen molar-refractivity contribution in [2.75, 3.05) is 13.9 Å². The Morgan fingerprint density at radius 1 is 1.34 bits per heavy atom. The van der Waals surface area contributed by atoms with Crippen LogP contribution in [0, 0.1) is 12.8 Å². The number of carbonyl (C=O) groups is 2. The Hall–Kier alpha value is -2.44. The van der Waals surface area contributed by atoms with Crippen LogP contribution in [0.5, 0.6) is 0 Å². The van der Waals surface area contributed by atoms with Crippen molar-refractivity contribution in [1.82, 2.24) is 0 Å². The average molecular weight is 402 g/mol. The van der Waals surface area contributed by atoms with Crippen molar-refractivity contribution in [3.63, 3.8) is 0 Å². The third-order valence-electron chi connectivity index (χ3n) is 5.04. The fraction of sp³-hybridized carbons (Fsp3) is 0.478. The molecule has 0 saturated heterocycles. The highest BCUT2D eigenvalue weighted by molar-refractivity contribution is 5.93. The van der Waals surface area contributed by atoms with Crippen molar-refractivity contribution in [1.29, 1.82) is 0 Å². The zero-order valence-corrected chi connectivity index (χ0v) is 17.3. The summed E-state index contributed by atoms with van der Waals surface area (Å²) < 4.78 is 16.7. The standard InChI is InChI=1S/C23H30O6/c1-16-8-4-5-10-18-11-6-9-17(2)22(18)23(26)29-19(12-7-13-21(24)25)14-20(16)28-15-27-3/h4-7,9,11,13,16,19-20H,8,10,12,14-15H2,1-3H3,(H,24,25)/b5-4+,13-7+/t16-,19-,20+/m0/s1. The molecule has 1 N–H and O–H groups in total. The quantitative estimate of drug-likeness (QED) is 0.334. The summed E-state index contributed by atoms with van der Waals surface area (Å²) in [6, 6.07) is 5.76. The number of hydrogen-bond donors (Lipinski definition) is 1. The summed E-state index contributed by atoms with van der Waals surface area (Å²) >= 11 is 0. The summed E-state index contributed by atoms with van der Waals surface area (Å²) in [6.07, 6.45) is 8.31. The molecule has 1 aliphatic rings. The Morgan fingerprint density at radius 3 is 2.86 bits per heavy atom. The lowest BCUT2D eigenvalue weighted by molar-refractivity contribution is -0.131. The summed E-state index contributed by atoms with van der Waals surface area (Å²) in [5.74, 6) is -1.24. The highest BCUT2D eigenvalue weighted by Crippen LogP contribution is 2.25. The average Bonchev–Trinajstić information content (AvgIpc) is 2.66. The molecule has 0 aromatic heterocycles. The maximum Gasteiger partial charge on any atom is 0.338 e. The normalized spacial score (nSPS) is 24.2. The molecule has 0 spiro atoms. The molecule has 0 unspecified atom stereocenters. The summed E-state index contributed by atoms with van der Waals surface area (Å²) in [6.45, 7) is 4.12. The Balaban J connectivity index is 2.34. The van der Waals surface area contributed by atoms with Crippen LogP contribution in [-0.4, -0.2) is 43.2 Å². The molecule has 0 fully saturated rings. The molecule has 29 heavy (non-hydrogen) atoms. The van der Waals surface area contributed by atoms with Crippen LogP contribution in [0.1, 0.15) is 47.7 Å². The van der Waals surface area contributed by atoms with Crippen LogP contribution < -0.4 is 0 Å². The zero-order chi connectivity index (χ0) is 21.2. The number of aliphatic carboxylic acids is 1. The van der Waals surface area contributed by atoms with Gasteiger partial charge in [-0.3, -0.25) is 0 Å². The molecule has 1 aromatic carbocycles. The lowest BCUT2D eigenvalue weighted by Crippen LogP contribution is -2.31. The van der Waals surface area contributed by atoms with E-state index in [1.807, 2.05) is 25.1 Å². The number of fused-ring (bicyclic) bond motifs is 1. The molecule has 0 aliphatic carbocycles. The van der Waals surface area contributed by atoms with Crippen LogP contribution in [-0.2, 0) is 25.4 Å². The first-order valence-electron chi connectivity index (χ1n) is 9.86. The first-order chi connectivity index (χ1) is 13.9. The van der Waals surface area contributed by atoms with Gasteiger partial charge in [-0.25, -0.2) is 9.59 Å². The maximum absolute atomic E-state index is 13.0. The molecule has 0 amide bonds. The molecular formula is C23H30O6. The fourth-order valence-corrected chi connectivity index (χ4v) is 3.47. The number of hydrogen-bond acceptors (Lipinski definition) is 5. The molecule has 0 radical (unpaired) electrons. The number of carbonyl (C=O) groups excluding carboxylic acids is 1. The number of aryl methyl sites for hydroxylation is 1. The molecule has 0 saturated carbocycles. The minimum Gasteiger partial charge on any atom is -0.478 e. The van der Waals surface area contributed by atoms with Gasteiger partial charge in [0.15, 0.2) is 0 Å². The lowest BCUT2D eigenvalue weighted by atomic mass is 9.93. The summed E-state index contributed by atoms with van der Waals surface area (Å²) in [5, 5.41) is 8.88. The minimum atomic E-state index is -1.03. The Kier molecular flexibility index (Phi) is 9.09. The first-order valence-corrected chi connectivity index (χ1v) is 9.86. The van der Waals surface area contributed by atoms with Gasteiger partial charge in [0.05, 0.1) is 11.7 Å². The Morgan fingerprint density at radius 2 is 2.14 bits per heavy atom. The number of carboxylic acid groups (broad SMARTS) is 1. The number of cyclic esters (lactones) is 1. The molecule has 6 nitrogen and oxygen atoms in total. The highest BCUT2D eigenvalue weighted by atomic mass is 16.7. The van der Waals surface area contributed by atoms with Gasteiger partial charge in [0.1, 0.15) is 12.9 Å². The van der Waals surface area contributed by atoms with E-state index >= 15 is 0 Å². The van der Waals surface area contributed by atoms with Gasteiger partial charge in [-0.05, 0) is 36.8 Å². The monoisotopic (exact) mass is 402 g/mol. The number of ether oxygens (including phenoxy) is 3. The predicted octanol–water partition coefficient (Wildman–Crippen LogP) is 4.07. The van der Waals surface area contributed by atoms with Crippen LogP contribution in [0.25, 0.3) is 0 Å². The van der Waals surface area contributed by atoms with Crippen molar-refractivity contribution in [3.05, 3.63) is 59.2 Å². The third-order valence-corrected chi connectivity index (χ3v) is 5.04. The van der Waals surface area contributed by atoms with Gasteiger partial charge in [-0.15, -0.1) is 0 Å². The number of carboxylic acids is 1. The second kappa shape index (κ2) is 11.5. The van der Waals surface area contributed by atoms with Crippen LogP contribution in [0.15, 0.2) is 42.5 Å². The number of rotatable bonds is 6. The molecule has 158 valence electrons. The SMILES string of the molecule is COCO[C@@H]1C[C@H](C/C=C/C(=O)O)OC(=O)c2c(C)cccc2C/C=C/C[C@@H]1C. The van der Waals surface area contributed by atoms with Crippen LogP contribution >= 0.6 is 0 Å². The first kappa shape index (κ1) is 22.8. The van der Waals surface area contributed by atoms with Gasteiger partial charge in [-0.1, -0.05) is 43.4 Å². The van der Waals surface area contributed by atoms with Gasteiger partial charge in [0.25, 0.3) is 0 Å². The van der Waals surface area contributed by atoms with E-state index in [0.717, 1.165) is 23.6 Å². The van der Waals surface area contributed by atoms with Crippen LogP contribution in [0.3, 0.4) is 0 Å². The minimum absolute atomic E-state index is 0.145. The molecule has 0 bridgehead atoms. The molecule has 1 aromatic rings. The second-order valence-electron chi connectivity index (χ2n) is 7.35.